The third-order valence-corrected chi connectivity index (χ3v) is 5.04. The highest BCUT2D eigenvalue weighted by Gasteiger charge is 2.51. The lowest BCUT2D eigenvalue weighted by molar-refractivity contribution is -0.158. The van der Waals surface area contributed by atoms with Crippen molar-refractivity contribution in [3.05, 3.63) is 68.6 Å². The summed E-state index contributed by atoms with van der Waals surface area (Å²) >= 11 is 3.42. The van der Waals surface area contributed by atoms with Crippen LogP contribution in [0.3, 0.4) is 0 Å². The van der Waals surface area contributed by atoms with Crippen molar-refractivity contribution in [3.63, 3.8) is 0 Å². The molecule has 1 aliphatic carbocycles. The fraction of sp³-hybridized carbons (Fsp3) is 0.333. The van der Waals surface area contributed by atoms with E-state index in [2.05, 4.69) is 32.7 Å². The highest BCUT2D eigenvalue weighted by Crippen LogP contribution is 2.44. The van der Waals surface area contributed by atoms with Gasteiger partial charge in [0.1, 0.15) is 6.61 Å². The maximum atomic E-state index is 12.7. The molecule has 0 fully saturated rings. The lowest BCUT2D eigenvalue weighted by Gasteiger charge is -2.40. The highest BCUT2D eigenvalue weighted by atomic mass is 79.9. The molecule has 1 heterocycles. The molecule has 0 amide bonds. The lowest BCUT2D eigenvalue weighted by Crippen LogP contribution is -2.50. The first-order chi connectivity index (χ1) is 11.8. The molecule has 0 saturated carbocycles. The number of halogens is 1. The predicted octanol–water partition coefficient (Wildman–Crippen LogP) is 2.25. The number of carbonyl (C=O) groups excluding carboxylic acids is 1. The molecule has 132 valence electrons. The van der Waals surface area contributed by atoms with Gasteiger partial charge < -0.3 is 14.9 Å². The van der Waals surface area contributed by atoms with Crippen LogP contribution in [0.1, 0.15) is 29.7 Å². The van der Waals surface area contributed by atoms with E-state index in [1.54, 1.807) is 6.92 Å². The van der Waals surface area contributed by atoms with Gasteiger partial charge in [0.25, 0.3) is 5.56 Å². The van der Waals surface area contributed by atoms with E-state index in [0.717, 1.165) is 10.0 Å². The van der Waals surface area contributed by atoms with E-state index in [4.69, 9.17) is 4.74 Å². The number of esters is 1. The maximum absolute atomic E-state index is 12.7. The molecule has 0 bridgehead atoms. The third-order valence-electron chi connectivity index (χ3n) is 4.55. The fourth-order valence-corrected chi connectivity index (χ4v) is 3.96. The molecule has 7 heteroatoms. The van der Waals surface area contributed by atoms with Crippen LogP contribution in [0.25, 0.3) is 0 Å². The molecule has 1 aliphatic rings. The molecule has 0 spiro atoms. The zero-order chi connectivity index (χ0) is 18.2. The monoisotopic (exact) mass is 406 g/mol. The van der Waals surface area contributed by atoms with Gasteiger partial charge in [-0.2, -0.15) is 0 Å². The summed E-state index contributed by atoms with van der Waals surface area (Å²) in [6, 6.07) is 7.37. The van der Waals surface area contributed by atoms with Crippen LogP contribution in [0, 0.1) is 5.92 Å². The number of aromatic amines is 2. The maximum Gasteiger partial charge on any atom is 0.313 e. The molecule has 2 aromatic rings. The number of carbonyl (C=O) groups is 1. The molecule has 25 heavy (non-hydrogen) atoms. The van der Waals surface area contributed by atoms with Crippen LogP contribution >= 0.6 is 15.9 Å². The summed E-state index contributed by atoms with van der Waals surface area (Å²) in [5.41, 5.74) is 0.153. The summed E-state index contributed by atoms with van der Waals surface area (Å²) in [6.45, 7) is 5.18. The van der Waals surface area contributed by atoms with Crippen molar-refractivity contribution in [1.29, 1.82) is 0 Å². The van der Waals surface area contributed by atoms with E-state index in [-0.39, 0.29) is 18.6 Å². The second kappa shape index (κ2) is 6.65. The Morgan fingerprint density at radius 1 is 1.52 bits per heavy atom. The van der Waals surface area contributed by atoms with Gasteiger partial charge in [-0.05, 0) is 24.6 Å². The average molecular weight is 407 g/mol. The number of hydrogen-bond acceptors (Lipinski definition) is 4. The topological polar surface area (TPSA) is 95.2 Å². The summed E-state index contributed by atoms with van der Waals surface area (Å²) in [5, 5.41) is 16.4. The van der Waals surface area contributed by atoms with Gasteiger partial charge in [0.15, 0.2) is 0 Å². The first-order valence-corrected chi connectivity index (χ1v) is 8.69. The molecule has 3 N–H and O–H groups in total. The standard InChI is InChI=1S/C18H19BrN2O4/c1-3-7-25-17(23)15-13(10-5-4-6-11(19)8-10)14-12(9-18(15,2)24)20-21-16(14)22/h3-6,8,13,15,24H,1,7,9H2,2H3,(H2,20,21,22)/t13-,15+,18+/m1/s1. The Hall–Kier alpha value is -2.12. The van der Waals surface area contributed by atoms with Gasteiger partial charge in [-0.15, -0.1) is 0 Å². The van der Waals surface area contributed by atoms with E-state index in [1.165, 1.54) is 6.08 Å². The molecule has 3 rings (SSSR count). The number of hydrogen-bond donors (Lipinski definition) is 3. The minimum atomic E-state index is -1.37. The van der Waals surface area contributed by atoms with Crippen LogP contribution in [-0.2, 0) is 16.0 Å². The first kappa shape index (κ1) is 17.7. The zero-order valence-electron chi connectivity index (χ0n) is 13.7. The Morgan fingerprint density at radius 3 is 2.96 bits per heavy atom. The summed E-state index contributed by atoms with van der Waals surface area (Å²) in [4.78, 5) is 25.1. The molecule has 0 radical (unpaired) electrons. The zero-order valence-corrected chi connectivity index (χ0v) is 15.3. The van der Waals surface area contributed by atoms with E-state index < -0.39 is 23.4 Å². The molecule has 0 aliphatic heterocycles. The SMILES string of the molecule is C=CCOC(=O)[C@@H]1[C@H](c2cccc(Br)c2)c2c([nH][nH]c2=O)C[C@]1(C)O. The van der Waals surface area contributed by atoms with Gasteiger partial charge in [0.2, 0.25) is 0 Å². The van der Waals surface area contributed by atoms with Crippen molar-refractivity contribution >= 4 is 21.9 Å². The molecule has 6 nitrogen and oxygen atoms in total. The lowest BCUT2D eigenvalue weighted by atomic mass is 9.66. The third kappa shape index (κ3) is 3.21. The Bertz CT molecular complexity index is 868. The molecule has 3 atom stereocenters. The van der Waals surface area contributed by atoms with Gasteiger partial charge in [0.05, 0.1) is 11.5 Å². The normalized spacial score (nSPS) is 25.2. The number of aromatic nitrogens is 2. The fourth-order valence-electron chi connectivity index (χ4n) is 3.55. The number of nitrogens with one attached hydrogen (secondary N) is 2. The van der Waals surface area contributed by atoms with E-state index >= 15 is 0 Å². The molecule has 0 saturated heterocycles. The van der Waals surface area contributed by atoms with Crippen LogP contribution in [0.5, 0.6) is 0 Å². The van der Waals surface area contributed by atoms with Crippen molar-refractivity contribution in [2.24, 2.45) is 5.92 Å². The second-order valence-corrected chi connectivity index (χ2v) is 7.35. The van der Waals surface area contributed by atoms with E-state index in [9.17, 15) is 14.7 Å². The van der Waals surface area contributed by atoms with Crippen LogP contribution in [0.4, 0.5) is 0 Å². The molecular formula is C18H19BrN2O4. The Kier molecular flexibility index (Phi) is 4.71. The largest absolute Gasteiger partial charge is 0.461 e. The summed E-state index contributed by atoms with van der Waals surface area (Å²) in [6.07, 6.45) is 1.62. The molecular weight excluding hydrogens is 388 g/mol. The van der Waals surface area contributed by atoms with Crippen LogP contribution in [0.2, 0.25) is 0 Å². The quantitative estimate of drug-likeness (QED) is 0.535. The highest BCUT2D eigenvalue weighted by molar-refractivity contribution is 9.10. The first-order valence-electron chi connectivity index (χ1n) is 7.90. The van der Waals surface area contributed by atoms with Crippen LogP contribution < -0.4 is 5.56 Å². The van der Waals surface area contributed by atoms with Crippen LogP contribution in [-0.4, -0.2) is 33.5 Å². The van der Waals surface area contributed by atoms with E-state index in [1.807, 2.05) is 24.3 Å². The van der Waals surface area contributed by atoms with Gasteiger partial charge >= 0.3 is 5.97 Å². The Labute approximate surface area is 153 Å². The average Bonchev–Trinajstić information content (AvgIpc) is 2.90. The Morgan fingerprint density at radius 2 is 2.28 bits per heavy atom. The minimum Gasteiger partial charge on any atom is -0.461 e. The van der Waals surface area contributed by atoms with Crippen molar-refractivity contribution in [2.75, 3.05) is 6.61 Å². The molecule has 0 unspecified atom stereocenters. The minimum absolute atomic E-state index is 0.0486. The van der Waals surface area contributed by atoms with Crippen molar-refractivity contribution in [2.45, 2.75) is 24.9 Å². The van der Waals surface area contributed by atoms with Crippen molar-refractivity contribution < 1.29 is 14.6 Å². The predicted molar refractivity (Wildman–Crippen MR) is 96.4 cm³/mol. The van der Waals surface area contributed by atoms with Gasteiger partial charge in [-0.25, -0.2) is 0 Å². The summed E-state index contributed by atoms with van der Waals surface area (Å²) in [5.74, 6) is -2.09. The number of ether oxygens (including phenoxy) is 1. The molecule has 1 aromatic heterocycles. The Balaban J connectivity index is 2.18. The van der Waals surface area contributed by atoms with Gasteiger partial charge in [-0.3, -0.25) is 14.7 Å². The smallest absolute Gasteiger partial charge is 0.313 e. The number of benzene rings is 1. The number of H-pyrrole nitrogens is 2. The van der Waals surface area contributed by atoms with E-state index in [0.29, 0.717) is 11.3 Å². The second-order valence-electron chi connectivity index (χ2n) is 6.43. The summed E-state index contributed by atoms with van der Waals surface area (Å²) < 4.78 is 6.05. The van der Waals surface area contributed by atoms with Crippen LogP contribution in [0.15, 0.2) is 46.2 Å². The number of rotatable bonds is 4. The number of aliphatic hydroxyl groups is 1. The van der Waals surface area contributed by atoms with Crippen molar-refractivity contribution in [3.8, 4) is 0 Å². The van der Waals surface area contributed by atoms with Crippen molar-refractivity contribution in [1.82, 2.24) is 10.2 Å². The van der Waals surface area contributed by atoms with Gasteiger partial charge in [0, 0.05) is 28.1 Å². The number of fused-ring (bicyclic) bond motifs is 1. The van der Waals surface area contributed by atoms with Gasteiger partial charge in [-0.1, -0.05) is 40.7 Å². The summed E-state index contributed by atoms with van der Waals surface area (Å²) in [7, 11) is 0. The molecule has 1 aromatic carbocycles.